The van der Waals surface area contributed by atoms with Gasteiger partial charge in [-0.2, -0.15) is 0 Å². The molecule has 0 aromatic heterocycles. The molecule has 10 heavy (non-hydrogen) atoms. The van der Waals surface area contributed by atoms with Gasteiger partial charge in [-0.3, -0.25) is 0 Å². The van der Waals surface area contributed by atoms with E-state index in [9.17, 15) is 13.2 Å². The summed E-state index contributed by atoms with van der Waals surface area (Å²) in [6, 6.07) is 0. The summed E-state index contributed by atoms with van der Waals surface area (Å²) in [6.45, 7) is 1.95. The van der Waals surface area contributed by atoms with Crippen LogP contribution >= 0.6 is 0 Å². The van der Waals surface area contributed by atoms with Crippen LogP contribution in [0.3, 0.4) is 0 Å². The number of hydrogen-bond donors (Lipinski definition) is 0. The standard InChI is InChI=1S/C6H11F3O/c1-2-3-4-10-6(9)5(7)8/h5-6H,2-4H2,1H3. The molecular formula is C6H11F3O. The van der Waals surface area contributed by atoms with Crippen LogP contribution in [0, 0.1) is 0 Å². The maximum Gasteiger partial charge on any atom is 0.293 e. The minimum Gasteiger partial charge on any atom is -0.344 e. The van der Waals surface area contributed by atoms with Gasteiger partial charge in [0.15, 0.2) is 0 Å². The summed E-state index contributed by atoms with van der Waals surface area (Å²) in [5, 5.41) is 0. The Labute approximate surface area is 58.2 Å². The van der Waals surface area contributed by atoms with E-state index < -0.39 is 12.8 Å². The zero-order valence-electron chi connectivity index (χ0n) is 5.82. The summed E-state index contributed by atoms with van der Waals surface area (Å²) < 4.78 is 38.7. The van der Waals surface area contributed by atoms with Crippen LogP contribution in [-0.4, -0.2) is 19.4 Å². The maximum atomic E-state index is 11.9. The average molecular weight is 156 g/mol. The lowest BCUT2D eigenvalue weighted by atomic mass is 10.4. The van der Waals surface area contributed by atoms with Crippen molar-refractivity contribution in [1.82, 2.24) is 0 Å². The molecule has 0 spiro atoms. The number of alkyl halides is 3. The molecule has 1 unspecified atom stereocenters. The second-order valence-electron chi connectivity index (χ2n) is 1.91. The molecule has 0 heterocycles. The van der Waals surface area contributed by atoms with Gasteiger partial charge in [-0.15, -0.1) is 0 Å². The molecule has 0 aliphatic heterocycles. The van der Waals surface area contributed by atoms with Crippen LogP contribution in [0.1, 0.15) is 19.8 Å². The van der Waals surface area contributed by atoms with Crippen LogP contribution in [0.4, 0.5) is 13.2 Å². The Morgan fingerprint density at radius 2 is 1.90 bits per heavy atom. The fourth-order valence-electron chi connectivity index (χ4n) is 0.413. The van der Waals surface area contributed by atoms with E-state index in [-0.39, 0.29) is 6.61 Å². The van der Waals surface area contributed by atoms with Gasteiger partial charge in [-0.25, -0.2) is 13.2 Å². The molecule has 0 bridgehead atoms. The summed E-state index contributed by atoms with van der Waals surface area (Å²) in [5.74, 6) is 0. The normalized spacial score (nSPS) is 14.1. The zero-order valence-corrected chi connectivity index (χ0v) is 5.82. The molecule has 0 N–H and O–H groups in total. The van der Waals surface area contributed by atoms with Crippen molar-refractivity contribution >= 4 is 0 Å². The highest BCUT2D eigenvalue weighted by molar-refractivity contribution is 4.43. The Hall–Kier alpha value is -0.250. The second kappa shape index (κ2) is 5.53. The third kappa shape index (κ3) is 4.61. The van der Waals surface area contributed by atoms with E-state index in [0.717, 1.165) is 6.42 Å². The first-order valence-electron chi connectivity index (χ1n) is 3.22. The minimum atomic E-state index is -3.02. The molecule has 0 aromatic carbocycles. The van der Waals surface area contributed by atoms with Crippen molar-refractivity contribution in [2.45, 2.75) is 32.5 Å². The van der Waals surface area contributed by atoms with Crippen molar-refractivity contribution in [3.63, 3.8) is 0 Å². The summed E-state index contributed by atoms with van der Waals surface area (Å²) in [7, 11) is 0. The van der Waals surface area contributed by atoms with Crippen molar-refractivity contribution in [3.05, 3.63) is 0 Å². The van der Waals surface area contributed by atoms with Gasteiger partial charge < -0.3 is 4.74 Å². The van der Waals surface area contributed by atoms with Crippen LogP contribution in [0.5, 0.6) is 0 Å². The largest absolute Gasteiger partial charge is 0.344 e. The maximum absolute atomic E-state index is 11.9. The number of hydrogen-bond acceptors (Lipinski definition) is 1. The molecule has 0 saturated carbocycles. The molecule has 0 aromatic rings. The fourth-order valence-corrected chi connectivity index (χ4v) is 0.413. The number of halogens is 3. The molecule has 62 valence electrons. The zero-order chi connectivity index (χ0) is 7.98. The average Bonchev–Trinajstić information content (AvgIpc) is 1.88. The molecule has 1 nitrogen and oxygen atoms in total. The Bertz CT molecular complexity index is 77.4. The Morgan fingerprint density at radius 3 is 2.30 bits per heavy atom. The molecule has 1 atom stereocenters. The van der Waals surface area contributed by atoms with Crippen LogP contribution < -0.4 is 0 Å². The van der Waals surface area contributed by atoms with Gasteiger partial charge in [-0.05, 0) is 6.42 Å². The third-order valence-corrected chi connectivity index (χ3v) is 0.973. The van der Waals surface area contributed by atoms with E-state index in [1.165, 1.54) is 0 Å². The van der Waals surface area contributed by atoms with Crippen LogP contribution in [0.25, 0.3) is 0 Å². The quantitative estimate of drug-likeness (QED) is 0.555. The summed E-state index contributed by atoms with van der Waals surface area (Å²) in [6.07, 6.45) is -3.99. The van der Waals surface area contributed by atoms with Gasteiger partial charge in [0, 0.05) is 0 Å². The van der Waals surface area contributed by atoms with Gasteiger partial charge >= 0.3 is 0 Å². The molecule has 0 rings (SSSR count). The molecule has 0 radical (unpaired) electrons. The van der Waals surface area contributed by atoms with E-state index in [0.29, 0.717) is 6.42 Å². The summed E-state index contributed by atoms with van der Waals surface area (Å²) in [5.41, 5.74) is 0. The number of ether oxygens (including phenoxy) is 1. The van der Waals surface area contributed by atoms with Gasteiger partial charge in [0.2, 0.25) is 0 Å². The molecule has 4 heteroatoms. The van der Waals surface area contributed by atoms with Crippen molar-refractivity contribution < 1.29 is 17.9 Å². The summed E-state index contributed by atoms with van der Waals surface area (Å²) in [4.78, 5) is 0. The van der Waals surface area contributed by atoms with Crippen molar-refractivity contribution in [3.8, 4) is 0 Å². The van der Waals surface area contributed by atoms with Gasteiger partial charge in [0.05, 0.1) is 6.61 Å². The topological polar surface area (TPSA) is 9.23 Å². The van der Waals surface area contributed by atoms with E-state index in [4.69, 9.17) is 0 Å². The first kappa shape index (κ1) is 9.75. The smallest absolute Gasteiger partial charge is 0.293 e. The molecule has 0 saturated heterocycles. The van der Waals surface area contributed by atoms with E-state index >= 15 is 0 Å². The molecule has 0 aliphatic rings. The molecular weight excluding hydrogens is 145 g/mol. The highest BCUT2D eigenvalue weighted by Gasteiger charge is 2.18. The van der Waals surface area contributed by atoms with Gasteiger partial charge in [-0.1, -0.05) is 13.3 Å². The lowest BCUT2D eigenvalue weighted by Crippen LogP contribution is -2.16. The predicted octanol–water partition coefficient (Wildman–Crippen LogP) is 2.36. The van der Waals surface area contributed by atoms with Crippen LogP contribution in [0.15, 0.2) is 0 Å². The van der Waals surface area contributed by atoms with Gasteiger partial charge in [0.1, 0.15) is 0 Å². The Kier molecular flexibility index (Phi) is 5.39. The lowest BCUT2D eigenvalue weighted by Gasteiger charge is -2.06. The predicted molar refractivity (Wildman–Crippen MR) is 31.8 cm³/mol. The highest BCUT2D eigenvalue weighted by Crippen LogP contribution is 2.07. The molecule has 0 fully saturated rings. The number of rotatable bonds is 5. The van der Waals surface area contributed by atoms with Crippen molar-refractivity contribution in [1.29, 1.82) is 0 Å². The SMILES string of the molecule is CCCCOC(F)C(F)F. The van der Waals surface area contributed by atoms with Crippen LogP contribution in [0.2, 0.25) is 0 Å². The summed E-state index contributed by atoms with van der Waals surface area (Å²) >= 11 is 0. The van der Waals surface area contributed by atoms with Crippen molar-refractivity contribution in [2.24, 2.45) is 0 Å². The minimum absolute atomic E-state index is 0.0714. The molecule has 0 amide bonds. The fraction of sp³-hybridized carbons (Fsp3) is 1.00. The second-order valence-corrected chi connectivity index (χ2v) is 1.91. The first-order valence-corrected chi connectivity index (χ1v) is 3.22. The van der Waals surface area contributed by atoms with Crippen molar-refractivity contribution in [2.75, 3.05) is 6.61 Å². The first-order chi connectivity index (χ1) is 4.68. The van der Waals surface area contributed by atoms with E-state index in [1.54, 1.807) is 0 Å². The molecule has 0 aliphatic carbocycles. The Morgan fingerprint density at radius 1 is 1.30 bits per heavy atom. The Balaban J connectivity index is 3.13. The van der Waals surface area contributed by atoms with Crippen LogP contribution in [-0.2, 0) is 4.74 Å². The van der Waals surface area contributed by atoms with Gasteiger partial charge in [0.25, 0.3) is 12.8 Å². The monoisotopic (exact) mass is 156 g/mol. The number of unbranched alkanes of at least 4 members (excludes halogenated alkanes) is 1. The lowest BCUT2D eigenvalue weighted by molar-refractivity contribution is -0.128. The van der Waals surface area contributed by atoms with E-state index in [2.05, 4.69) is 4.74 Å². The highest BCUT2D eigenvalue weighted by atomic mass is 19.3. The van der Waals surface area contributed by atoms with E-state index in [1.807, 2.05) is 6.92 Å². The third-order valence-electron chi connectivity index (χ3n) is 0.973.